The fraction of sp³-hybridized carbons (Fsp3) is 0.143. The van der Waals surface area contributed by atoms with Gasteiger partial charge in [-0.25, -0.2) is 4.39 Å². The highest BCUT2D eigenvalue weighted by Crippen LogP contribution is 2.26. The molecule has 0 N–H and O–H groups in total. The van der Waals surface area contributed by atoms with Crippen LogP contribution in [0, 0.1) is 9.39 Å². The fourth-order valence-electron chi connectivity index (χ4n) is 0.692. The number of rotatable bonds is 1. The Morgan fingerprint density at radius 2 is 2.09 bits per heavy atom. The minimum Gasteiger partial charge on any atom is -0.206 e. The Morgan fingerprint density at radius 3 is 2.55 bits per heavy atom. The van der Waals surface area contributed by atoms with Crippen molar-refractivity contribution in [2.24, 2.45) is 0 Å². The molecule has 0 saturated carbocycles. The molecule has 0 spiro atoms. The first kappa shape index (κ1) is 9.92. The van der Waals surface area contributed by atoms with E-state index in [1.54, 1.807) is 6.07 Å². The number of alkyl halides is 1. The lowest BCUT2D eigenvalue weighted by molar-refractivity contribution is 0.618. The summed E-state index contributed by atoms with van der Waals surface area (Å²) in [5.74, 6) is -0.164. The smallest absolute Gasteiger partial charge is 0.136 e. The number of hydrogen-bond acceptors (Lipinski definition) is 0. The molecular weight excluding hydrogens is 390 g/mol. The third-order valence-corrected chi connectivity index (χ3v) is 3.74. The molecule has 0 fully saturated rings. The lowest BCUT2D eigenvalue weighted by atomic mass is 10.2. The summed E-state index contributed by atoms with van der Waals surface area (Å²) in [5.41, 5.74) is 0.964. The molecule has 60 valence electrons. The van der Waals surface area contributed by atoms with Crippen LogP contribution in [0.1, 0.15) is 5.56 Å². The van der Waals surface area contributed by atoms with Crippen LogP contribution in [0.25, 0.3) is 0 Å². The summed E-state index contributed by atoms with van der Waals surface area (Å²) in [5, 5.41) is 0.670. The molecule has 0 aliphatic heterocycles. The summed E-state index contributed by atoms with van der Waals surface area (Å²) in [6, 6.07) is 3.17. The van der Waals surface area contributed by atoms with Crippen LogP contribution in [0.2, 0.25) is 0 Å². The third kappa shape index (κ3) is 2.15. The van der Waals surface area contributed by atoms with E-state index in [4.69, 9.17) is 0 Å². The molecule has 0 aliphatic carbocycles. The van der Waals surface area contributed by atoms with E-state index in [1.165, 1.54) is 6.07 Å². The van der Waals surface area contributed by atoms with E-state index in [1.807, 2.05) is 22.6 Å². The zero-order valence-electron chi connectivity index (χ0n) is 5.37. The molecule has 1 aromatic carbocycles. The lowest BCUT2D eigenvalue weighted by Crippen LogP contribution is -1.90. The third-order valence-electron chi connectivity index (χ3n) is 1.27. The molecule has 0 amide bonds. The predicted octanol–water partition coefficient (Wildman–Crippen LogP) is 4.09. The molecule has 1 rings (SSSR count). The molecule has 0 unspecified atom stereocenters. The average Bonchev–Trinajstić information content (AvgIpc) is 1.99. The summed E-state index contributed by atoms with van der Waals surface area (Å²) < 4.78 is 14.5. The second-order valence-corrected chi connectivity index (χ2v) is 4.45. The average molecular weight is 394 g/mol. The second kappa shape index (κ2) is 4.18. The normalized spacial score (nSPS) is 10.2. The van der Waals surface area contributed by atoms with E-state index >= 15 is 0 Å². The van der Waals surface area contributed by atoms with E-state index < -0.39 is 0 Å². The highest BCUT2D eigenvalue weighted by molar-refractivity contribution is 14.1. The van der Waals surface area contributed by atoms with Gasteiger partial charge in [-0.2, -0.15) is 0 Å². The van der Waals surface area contributed by atoms with Gasteiger partial charge in [-0.3, -0.25) is 0 Å². The van der Waals surface area contributed by atoms with E-state index in [2.05, 4.69) is 31.9 Å². The van der Waals surface area contributed by atoms with E-state index in [-0.39, 0.29) is 5.82 Å². The Labute approximate surface area is 95.0 Å². The first-order valence-corrected chi connectivity index (χ1v) is 5.84. The van der Waals surface area contributed by atoms with Crippen molar-refractivity contribution in [2.75, 3.05) is 0 Å². The molecule has 1 aromatic rings. The van der Waals surface area contributed by atoms with Crippen LogP contribution in [0.3, 0.4) is 0 Å². The van der Waals surface area contributed by atoms with Gasteiger partial charge in [-0.05, 0) is 40.3 Å². The van der Waals surface area contributed by atoms with Crippen molar-refractivity contribution >= 4 is 54.5 Å². The molecule has 11 heavy (non-hydrogen) atoms. The van der Waals surface area contributed by atoms with Crippen LogP contribution < -0.4 is 0 Å². The van der Waals surface area contributed by atoms with E-state index in [9.17, 15) is 4.39 Å². The zero-order chi connectivity index (χ0) is 8.43. The van der Waals surface area contributed by atoms with Crippen molar-refractivity contribution in [3.63, 3.8) is 0 Å². The summed E-state index contributed by atoms with van der Waals surface area (Å²) >= 11 is 8.63. The Morgan fingerprint density at radius 1 is 1.45 bits per heavy atom. The summed E-state index contributed by atoms with van der Waals surface area (Å²) in [4.78, 5) is 0. The summed E-state index contributed by atoms with van der Waals surface area (Å²) in [6.07, 6.45) is 0. The molecule has 0 bridgehead atoms. The Kier molecular flexibility index (Phi) is 3.77. The monoisotopic (exact) mass is 392 g/mol. The molecule has 4 heteroatoms. The number of benzene rings is 1. The molecule has 0 heterocycles. The molecule has 0 atom stereocenters. The van der Waals surface area contributed by atoms with Crippen molar-refractivity contribution in [1.82, 2.24) is 0 Å². The maximum atomic E-state index is 12.9. The topological polar surface area (TPSA) is 0 Å². The van der Waals surface area contributed by atoms with Gasteiger partial charge < -0.3 is 0 Å². The Bertz CT molecular complexity index is 275. The minimum absolute atomic E-state index is 0.164. The van der Waals surface area contributed by atoms with Crippen LogP contribution in [-0.4, -0.2) is 0 Å². The van der Waals surface area contributed by atoms with E-state index in [0.29, 0.717) is 8.90 Å². The van der Waals surface area contributed by atoms with Gasteiger partial charge >= 0.3 is 0 Å². The Balaban J connectivity index is 3.29. The molecule has 0 radical (unpaired) electrons. The van der Waals surface area contributed by atoms with E-state index in [0.717, 1.165) is 10.0 Å². The van der Waals surface area contributed by atoms with Gasteiger partial charge in [0, 0.05) is 9.80 Å². The van der Waals surface area contributed by atoms with Crippen LogP contribution in [0.5, 0.6) is 0 Å². The summed E-state index contributed by atoms with van der Waals surface area (Å²) in [6.45, 7) is 0. The number of hydrogen-bond donors (Lipinski definition) is 0. The van der Waals surface area contributed by atoms with Crippen molar-refractivity contribution in [3.05, 3.63) is 31.6 Å². The predicted molar refractivity (Wildman–Crippen MR) is 59.4 cm³/mol. The van der Waals surface area contributed by atoms with Gasteiger partial charge in [0.2, 0.25) is 0 Å². The second-order valence-electron chi connectivity index (χ2n) is 1.96. The van der Waals surface area contributed by atoms with Crippen molar-refractivity contribution in [1.29, 1.82) is 0 Å². The quantitative estimate of drug-likeness (QED) is 0.383. The van der Waals surface area contributed by atoms with Crippen LogP contribution in [0.4, 0.5) is 4.39 Å². The Hall–Kier alpha value is 0.840. The SMILES string of the molecule is Fc1ccc(Br)c(CBr)c1I. The van der Waals surface area contributed by atoms with Gasteiger partial charge in [-0.1, -0.05) is 31.9 Å². The van der Waals surface area contributed by atoms with Crippen LogP contribution in [-0.2, 0) is 5.33 Å². The summed E-state index contributed by atoms with van der Waals surface area (Å²) in [7, 11) is 0. The van der Waals surface area contributed by atoms with Crippen LogP contribution >= 0.6 is 54.5 Å². The van der Waals surface area contributed by atoms with Gasteiger partial charge in [0.15, 0.2) is 0 Å². The first-order chi connectivity index (χ1) is 5.16. The molecule has 0 nitrogen and oxygen atoms in total. The molecule has 0 saturated heterocycles. The molecular formula is C7H4Br2FI. The van der Waals surface area contributed by atoms with Gasteiger partial charge in [-0.15, -0.1) is 0 Å². The van der Waals surface area contributed by atoms with Gasteiger partial charge in [0.1, 0.15) is 5.82 Å². The maximum absolute atomic E-state index is 12.9. The molecule has 0 aromatic heterocycles. The maximum Gasteiger partial charge on any atom is 0.136 e. The van der Waals surface area contributed by atoms with Gasteiger partial charge in [0.25, 0.3) is 0 Å². The highest BCUT2D eigenvalue weighted by atomic mass is 127. The van der Waals surface area contributed by atoms with Crippen molar-refractivity contribution in [2.45, 2.75) is 5.33 Å². The van der Waals surface area contributed by atoms with Crippen molar-refractivity contribution in [3.8, 4) is 0 Å². The standard InChI is InChI=1S/C7H4Br2FI/c8-3-4-5(9)1-2-6(10)7(4)11/h1-2H,3H2. The fourth-order valence-corrected chi connectivity index (χ4v) is 3.68. The van der Waals surface area contributed by atoms with Crippen LogP contribution in [0.15, 0.2) is 16.6 Å². The minimum atomic E-state index is -0.164. The highest BCUT2D eigenvalue weighted by Gasteiger charge is 2.07. The lowest BCUT2D eigenvalue weighted by Gasteiger charge is -2.03. The zero-order valence-corrected chi connectivity index (χ0v) is 10.7. The number of halogens is 4. The largest absolute Gasteiger partial charge is 0.206 e. The van der Waals surface area contributed by atoms with Gasteiger partial charge in [0.05, 0.1) is 3.57 Å². The van der Waals surface area contributed by atoms with Crippen molar-refractivity contribution < 1.29 is 4.39 Å². The molecule has 0 aliphatic rings. The first-order valence-electron chi connectivity index (χ1n) is 2.85.